The Morgan fingerprint density at radius 2 is 1.81 bits per heavy atom. The van der Waals surface area contributed by atoms with E-state index < -0.39 is 8.32 Å². The van der Waals surface area contributed by atoms with Crippen LogP contribution in [0.25, 0.3) is 0 Å². The second-order valence-corrected chi connectivity index (χ2v) is 17.7. The lowest BCUT2D eigenvalue weighted by molar-refractivity contribution is -0.149. The molecule has 2 saturated heterocycles. The first-order valence-electron chi connectivity index (χ1n) is 13.1. The molecule has 1 spiro atoms. The zero-order valence-corrected chi connectivity index (χ0v) is 22.7. The topological polar surface area (TPSA) is 50.8 Å². The summed E-state index contributed by atoms with van der Waals surface area (Å²) in [6.45, 7) is 17.3. The second-order valence-electron chi connectivity index (χ2n) is 12.9. The van der Waals surface area contributed by atoms with E-state index in [-0.39, 0.29) is 22.4 Å². The maximum atomic E-state index is 13.0. The van der Waals surface area contributed by atoms with E-state index in [2.05, 4.69) is 44.1 Å². The number of nitrogens with zero attached hydrogens (tertiary/aromatic N) is 1. The molecule has 0 bridgehead atoms. The first-order valence-corrected chi connectivity index (χ1v) is 16.0. The molecule has 4 aliphatic rings. The van der Waals surface area contributed by atoms with Gasteiger partial charge in [-0.1, -0.05) is 20.8 Å². The number of ether oxygens (including phenoxy) is 1. The smallest absolute Gasteiger partial charge is 0.219 e. The van der Waals surface area contributed by atoms with Crippen molar-refractivity contribution in [2.75, 3.05) is 33.4 Å². The number of nitrogens with one attached hydrogen (secondary N) is 1. The molecular formula is C26H48N2O3Si. The molecule has 0 aromatic carbocycles. The van der Waals surface area contributed by atoms with Crippen molar-refractivity contribution in [1.82, 2.24) is 10.2 Å². The third-order valence-corrected chi connectivity index (χ3v) is 14.8. The molecule has 32 heavy (non-hydrogen) atoms. The third kappa shape index (κ3) is 4.34. The Hall–Kier alpha value is -0.433. The van der Waals surface area contributed by atoms with Gasteiger partial charge in [0.1, 0.15) is 0 Å². The minimum Gasteiger partial charge on any atom is -0.415 e. The molecule has 0 radical (unpaired) electrons. The fraction of sp³-hybridized carbons (Fsp3) is 0.962. The zero-order chi connectivity index (χ0) is 23.3. The van der Waals surface area contributed by atoms with Crippen molar-refractivity contribution in [3.63, 3.8) is 0 Å². The van der Waals surface area contributed by atoms with Gasteiger partial charge in [-0.3, -0.25) is 4.79 Å². The number of methoxy groups -OCH3 is 1. The van der Waals surface area contributed by atoms with Crippen LogP contribution in [0.4, 0.5) is 0 Å². The quantitative estimate of drug-likeness (QED) is 0.614. The summed E-state index contributed by atoms with van der Waals surface area (Å²) in [5.41, 5.74) is 0.286. The maximum absolute atomic E-state index is 13.0. The number of piperidine rings is 2. The van der Waals surface area contributed by atoms with E-state index in [1.54, 1.807) is 6.92 Å². The van der Waals surface area contributed by atoms with Crippen molar-refractivity contribution in [3.05, 3.63) is 0 Å². The van der Waals surface area contributed by atoms with Gasteiger partial charge < -0.3 is 19.4 Å². The largest absolute Gasteiger partial charge is 0.415 e. The lowest BCUT2D eigenvalue weighted by Gasteiger charge is -2.57. The highest BCUT2D eigenvalue weighted by Crippen LogP contribution is 2.62. The SMILES string of the molecule is COC1CCC2C(C1)CC1C2C2(CCNCC2)CN(C(C)=O)[C@H]1CO[Si](C)(C)C(C)(C)C. The highest BCUT2D eigenvalue weighted by Gasteiger charge is 2.61. The fourth-order valence-corrected chi connectivity index (χ4v) is 8.62. The van der Waals surface area contributed by atoms with Gasteiger partial charge in [0.25, 0.3) is 0 Å². The average Bonchev–Trinajstić information content (AvgIpc) is 3.12. The van der Waals surface area contributed by atoms with Crippen LogP contribution >= 0.6 is 0 Å². The second kappa shape index (κ2) is 8.97. The first-order chi connectivity index (χ1) is 15.0. The number of likely N-dealkylation sites (tertiary alicyclic amines) is 1. The van der Waals surface area contributed by atoms with Gasteiger partial charge in [-0.05, 0) is 98.8 Å². The van der Waals surface area contributed by atoms with E-state index in [0.29, 0.717) is 12.0 Å². The van der Waals surface area contributed by atoms with Crippen LogP contribution in [0.15, 0.2) is 0 Å². The van der Waals surface area contributed by atoms with Crippen molar-refractivity contribution in [2.45, 2.75) is 96.5 Å². The Morgan fingerprint density at radius 1 is 1.12 bits per heavy atom. The summed E-state index contributed by atoms with van der Waals surface area (Å²) in [5, 5.41) is 3.79. The summed E-state index contributed by atoms with van der Waals surface area (Å²) in [6, 6.07) is 0.235. The summed E-state index contributed by atoms with van der Waals surface area (Å²) >= 11 is 0. The van der Waals surface area contributed by atoms with Gasteiger partial charge in [0.2, 0.25) is 5.91 Å². The average molecular weight is 465 g/mol. The van der Waals surface area contributed by atoms with Gasteiger partial charge in [0, 0.05) is 20.6 Å². The molecule has 1 amide bonds. The highest BCUT2D eigenvalue weighted by molar-refractivity contribution is 6.74. The zero-order valence-electron chi connectivity index (χ0n) is 21.7. The number of hydrogen-bond acceptors (Lipinski definition) is 4. The van der Waals surface area contributed by atoms with E-state index in [1.165, 1.54) is 38.5 Å². The van der Waals surface area contributed by atoms with E-state index in [9.17, 15) is 4.79 Å². The van der Waals surface area contributed by atoms with Crippen LogP contribution in [-0.4, -0.2) is 64.6 Å². The lowest BCUT2D eigenvalue weighted by atomic mass is 9.57. The predicted octanol–water partition coefficient (Wildman–Crippen LogP) is 4.68. The first kappa shape index (κ1) is 24.7. The van der Waals surface area contributed by atoms with Crippen LogP contribution in [0.3, 0.4) is 0 Å². The lowest BCUT2D eigenvalue weighted by Crippen LogP contribution is -2.63. The van der Waals surface area contributed by atoms with Crippen LogP contribution in [0.5, 0.6) is 0 Å². The van der Waals surface area contributed by atoms with Crippen molar-refractivity contribution in [1.29, 1.82) is 0 Å². The minimum absolute atomic E-state index is 0.188. The number of hydrogen-bond donors (Lipinski definition) is 1. The van der Waals surface area contributed by atoms with Gasteiger partial charge >= 0.3 is 0 Å². The van der Waals surface area contributed by atoms with E-state index in [0.717, 1.165) is 44.0 Å². The Bertz CT molecular complexity index is 685. The Balaban J connectivity index is 1.65. The van der Waals surface area contributed by atoms with Gasteiger partial charge in [0.15, 0.2) is 8.32 Å². The molecule has 0 aromatic heterocycles. The van der Waals surface area contributed by atoms with Crippen LogP contribution in [-0.2, 0) is 14.0 Å². The summed E-state index contributed by atoms with van der Waals surface area (Å²) in [7, 11) is 0.0153. The number of fused-ring (bicyclic) bond motifs is 4. The Labute approximate surface area is 197 Å². The standard InChI is InChI=1S/C26H48N2O3Si/c1-18(29)28-17-26(10-12-27-13-11-26)24-21-9-8-20(30-5)14-19(21)15-22(24)23(28)16-31-32(6,7)25(2,3)4/h19-24,27H,8-17H2,1-7H3/t19?,20?,21?,22?,23-,24?/m0/s1. The van der Waals surface area contributed by atoms with Crippen LogP contribution in [0, 0.1) is 29.1 Å². The van der Waals surface area contributed by atoms with Crippen LogP contribution in [0.2, 0.25) is 18.1 Å². The van der Waals surface area contributed by atoms with Crippen LogP contribution in [0.1, 0.15) is 66.2 Å². The summed E-state index contributed by atoms with van der Waals surface area (Å²) in [4.78, 5) is 15.3. The monoisotopic (exact) mass is 464 g/mol. The molecule has 1 N–H and O–H groups in total. The molecule has 6 atom stereocenters. The van der Waals surface area contributed by atoms with Gasteiger partial charge in [-0.2, -0.15) is 0 Å². The number of carbonyl (C=O) groups is 1. The molecule has 6 heteroatoms. The van der Waals surface area contributed by atoms with E-state index >= 15 is 0 Å². The van der Waals surface area contributed by atoms with Crippen molar-refractivity contribution >= 4 is 14.2 Å². The molecule has 184 valence electrons. The van der Waals surface area contributed by atoms with E-state index in [1.807, 2.05) is 7.11 Å². The Morgan fingerprint density at radius 3 is 2.41 bits per heavy atom. The molecule has 2 aliphatic heterocycles. The highest BCUT2D eigenvalue weighted by atomic mass is 28.4. The predicted molar refractivity (Wildman–Crippen MR) is 132 cm³/mol. The fourth-order valence-electron chi connectivity index (χ4n) is 7.60. The molecule has 2 aliphatic carbocycles. The summed E-state index contributed by atoms with van der Waals surface area (Å²) in [5.74, 6) is 3.10. The molecule has 5 unspecified atom stereocenters. The molecule has 2 saturated carbocycles. The number of rotatable bonds is 4. The summed E-state index contributed by atoms with van der Waals surface area (Å²) in [6.07, 6.45) is 7.81. The molecule has 5 nitrogen and oxygen atoms in total. The van der Waals surface area contributed by atoms with Gasteiger partial charge in [-0.15, -0.1) is 0 Å². The van der Waals surface area contributed by atoms with Crippen molar-refractivity contribution in [3.8, 4) is 0 Å². The third-order valence-electron chi connectivity index (χ3n) is 10.3. The molecular weight excluding hydrogens is 416 g/mol. The number of carbonyl (C=O) groups excluding carboxylic acids is 1. The Kier molecular flexibility index (Phi) is 6.92. The summed E-state index contributed by atoms with van der Waals surface area (Å²) < 4.78 is 12.6. The molecule has 4 rings (SSSR count). The molecule has 0 aromatic rings. The number of amides is 1. The van der Waals surface area contributed by atoms with Gasteiger partial charge in [-0.25, -0.2) is 0 Å². The van der Waals surface area contributed by atoms with Crippen LogP contribution < -0.4 is 5.32 Å². The van der Waals surface area contributed by atoms with E-state index in [4.69, 9.17) is 9.16 Å². The normalized spacial score (nSPS) is 37.3. The van der Waals surface area contributed by atoms with Gasteiger partial charge in [0.05, 0.1) is 18.8 Å². The minimum atomic E-state index is -1.87. The molecule has 2 heterocycles. The maximum Gasteiger partial charge on any atom is 0.219 e. The van der Waals surface area contributed by atoms with Crippen molar-refractivity contribution in [2.24, 2.45) is 29.1 Å². The van der Waals surface area contributed by atoms with Crippen molar-refractivity contribution < 1.29 is 14.0 Å². The molecule has 4 fully saturated rings.